The molecule has 130 valence electrons. The molecule has 0 fully saturated rings. The van der Waals surface area contributed by atoms with E-state index in [-0.39, 0.29) is 0 Å². The number of hydrogen-bond acceptors (Lipinski definition) is 6. The van der Waals surface area contributed by atoms with Gasteiger partial charge in [-0.2, -0.15) is 0 Å². The van der Waals surface area contributed by atoms with Gasteiger partial charge in [0.25, 0.3) is 0 Å². The predicted molar refractivity (Wildman–Crippen MR) is 108 cm³/mol. The van der Waals surface area contributed by atoms with Gasteiger partial charge in [-0.3, -0.25) is 0 Å². The number of benzene rings is 1. The fraction of sp³-hybridized carbons (Fsp3) is 0.0500. The van der Waals surface area contributed by atoms with Crippen LogP contribution < -0.4 is 16.8 Å². The van der Waals surface area contributed by atoms with E-state index in [1.807, 2.05) is 53.9 Å². The number of rotatable bonds is 5. The van der Waals surface area contributed by atoms with Crippen molar-refractivity contribution >= 4 is 28.5 Å². The first kappa shape index (κ1) is 16.2. The molecular formula is C20H18N4OS. The monoisotopic (exact) mass is 362 g/mol. The number of pyridine rings is 1. The van der Waals surface area contributed by atoms with Gasteiger partial charge in [0.1, 0.15) is 0 Å². The summed E-state index contributed by atoms with van der Waals surface area (Å²) in [6, 6.07) is 15.7. The van der Waals surface area contributed by atoms with Crippen LogP contribution in [0.25, 0.3) is 21.7 Å². The number of hydrogen-bond donors (Lipinski definition) is 3. The summed E-state index contributed by atoms with van der Waals surface area (Å²) in [7, 11) is 0. The minimum absolute atomic E-state index is 0.599. The number of nitrogens with two attached hydrogens (primary N) is 2. The maximum atomic E-state index is 6.40. The molecule has 6 heteroatoms. The van der Waals surface area contributed by atoms with E-state index < -0.39 is 0 Å². The highest BCUT2D eigenvalue weighted by Crippen LogP contribution is 2.36. The number of aromatic nitrogens is 1. The molecule has 0 amide bonds. The average Bonchev–Trinajstić information content (AvgIpc) is 3.36. The van der Waals surface area contributed by atoms with Gasteiger partial charge in [-0.1, -0.05) is 18.2 Å². The minimum atomic E-state index is 0.599. The Morgan fingerprint density at radius 1 is 1.08 bits per heavy atom. The topological polar surface area (TPSA) is 90.1 Å². The molecule has 0 aliphatic rings. The maximum absolute atomic E-state index is 6.40. The number of nitrogens with zero attached hydrogens (tertiary/aromatic N) is 1. The second-order valence-electron chi connectivity index (χ2n) is 5.90. The summed E-state index contributed by atoms with van der Waals surface area (Å²) in [6.07, 6.45) is 3.33. The lowest BCUT2D eigenvalue weighted by Gasteiger charge is -2.14. The fourth-order valence-corrected chi connectivity index (χ4v) is 3.40. The minimum Gasteiger partial charge on any atom is -0.472 e. The van der Waals surface area contributed by atoms with Gasteiger partial charge in [0.05, 0.1) is 28.8 Å². The molecule has 3 aromatic heterocycles. The van der Waals surface area contributed by atoms with Crippen molar-refractivity contribution in [1.82, 2.24) is 4.98 Å². The van der Waals surface area contributed by atoms with Crippen molar-refractivity contribution in [2.75, 3.05) is 16.8 Å². The second-order valence-corrected chi connectivity index (χ2v) is 6.85. The highest BCUT2D eigenvalue weighted by molar-refractivity contribution is 7.13. The van der Waals surface area contributed by atoms with Gasteiger partial charge in [0.15, 0.2) is 5.82 Å². The molecule has 4 aromatic rings. The molecule has 0 radical (unpaired) electrons. The standard InChI is InChI=1S/C20H18N4OS/c21-15-5-3-13(4-6-15)11-23-20-19(22)16(14-7-8-25-12-14)10-17(24-20)18-2-1-9-26-18/h1-10,12H,11,21-22H2,(H,23,24). The van der Waals surface area contributed by atoms with Gasteiger partial charge >= 0.3 is 0 Å². The first-order valence-corrected chi connectivity index (χ1v) is 9.04. The van der Waals surface area contributed by atoms with Gasteiger partial charge in [-0.05, 0) is 41.3 Å². The molecule has 0 aliphatic carbocycles. The van der Waals surface area contributed by atoms with Crippen molar-refractivity contribution in [3.8, 4) is 21.7 Å². The Morgan fingerprint density at radius 3 is 2.62 bits per heavy atom. The maximum Gasteiger partial charge on any atom is 0.150 e. The van der Waals surface area contributed by atoms with Crippen molar-refractivity contribution < 1.29 is 4.42 Å². The van der Waals surface area contributed by atoms with Gasteiger partial charge < -0.3 is 21.2 Å². The van der Waals surface area contributed by atoms with E-state index in [4.69, 9.17) is 20.9 Å². The molecule has 0 saturated heterocycles. The van der Waals surface area contributed by atoms with Crippen molar-refractivity contribution in [3.63, 3.8) is 0 Å². The zero-order chi connectivity index (χ0) is 17.9. The normalized spacial score (nSPS) is 10.8. The first-order chi connectivity index (χ1) is 12.7. The number of thiophene rings is 1. The Hall–Kier alpha value is -3.25. The van der Waals surface area contributed by atoms with Crippen LogP contribution in [0.5, 0.6) is 0 Å². The summed E-state index contributed by atoms with van der Waals surface area (Å²) in [5.41, 5.74) is 17.3. The van der Waals surface area contributed by atoms with Crippen LogP contribution >= 0.6 is 11.3 Å². The molecule has 0 saturated carbocycles. The SMILES string of the molecule is Nc1ccc(CNc2nc(-c3cccs3)cc(-c3ccoc3)c2N)cc1. The third-order valence-electron chi connectivity index (χ3n) is 4.10. The molecule has 0 bridgehead atoms. The Labute approximate surface area is 155 Å². The van der Waals surface area contributed by atoms with Crippen molar-refractivity contribution in [1.29, 1.82) is 0 Å². The van der Waals surface area contributed by atoms with Crippen molar-refractivity contribution in [2.24, 2.45) is 0 Å². The van der Waals surface area contributed by atoms with E-state index in [1.165, 1.54) is 0 Å². The summed E-state index contributed by atoms with van der Waals surface area (Å²) >= 11 is 1.64. The lowest BCUT2D eigenvalue weighted by atomic mass is 10.1. The molecule has 0 aliphatic heterocycles. The Kier molecular flexibility index (Phi) is 4.33. The summed E-state index contributed by atoms with van der Waals surface area (Å²) in [6.45, 7) is 0.607. The number of furan rings is 1. The summed E-state index contributed by atoms with van der Waals surface area (Å²) in [4.78, 5) is 5.83. The van der Waals surface area contributed by atoms with Gasteiger partial charge in [-0.15, -0.1) is 11.3 Å². The Morgan fingerprint density at radius 2 is 1.92 bits per heavy atom. The molecule has 0 spiro atoms. The smallest absolute Gasteiger partial charge is 0.150 e. The lowest BCUT2D eigenvalue weighted by Crippen LogP contribution is -2.06. The summed E-state index contributed by atoms with van der Waals surface area (Å²) < 4.78 is 5.23. The molecule has 26 heavy (non-hydrogen) atoms. The van der Waals surface area contributed by atoms with Gasteiger partial charge in [0, 0.05) is 23.4 Å². The first-order valence-electron chi connectivity index (χ1n) is 8.16. The van der Waals surface area contributed by atoms with E-state index in [9.17, 15) is 0 Å². The zero-order valence-corrected chi connectivity index (χ0v) is 14.8. The lowest BCUT2D eigenvalue weighted by molar-refractivity contribution is 0.568. The van der Waals surface area contributed by atoms with E-state index in [0.717, 1.165) is 32.9 Å². The van der Waals surface area contributed by atoms with Crippen LogP contribution in [-0.2, 0) is 6.54 Å². The molecule has 0 atom stereocenters. The van der Waals surface area contributed by atoms with Crippen LogP contribution in [0.15, 0.2) is 70.9 Å². The van der Waals surface area contributed by atoms with E-state index >= 15 is 0 Å². The number of anilines is 3. The van der Waals surface area contributed by atoms with E-state index in [1.54, 1.807) is 23.9 Å². The average molecular weight is 362 g/mol. The Balaban J connectivity index is 1.71. The molecule has 5 N–H and O–H groups in total. The van der Waals surface area contributed by atoms with E-state index in [2.05, 4.69) is 5.32 Å². The molecule has 0 unspecified atom stereocenters. The Bertz CT molecular complexity index is 993. The van der Waals surface area contributed by atoms with Crippen LogP contribution in [0.4, 0.5) is 17.2 Å². The van der Waals surface area contributed by atoms with Crippen LogP contribution in [-0.4, -0.2) is 4.98 Å². The second kappa shape index (κ2) is 6.93. The van der Waals surface area contributed by atoms with Crippen molar-refractivity contribution in [2.45, 2.75) is 6.54 Å². The quantitative estimate of drug-likeness (QED) is 0.442. The van der Waals surface area contributed by atoms with E-state index in [0.29, 0.717) is 18.1 Å². The highest BCUT2D eigenvalue weighted by Gasteiger charge is 2.14. The highest BCUT2D eigenvalue weighted by atomic mass is 32.1. The molecular weight excluding hydrogens is 344 g/mol. The van der Waals surface area contributed by atoms with Gasteiger partial charge in [0.2, 0.25) is 0 Å². The third-order valence-corrected chi connectivity index (χ3v) is 5.00. The summed E-state index contributed by atoms with van der Waals surface area (Å²) in [5, 5.41) is 5.38. The number of nitrogens with one attached hydrogen (secondary N) is 1. The predicted octanol–water partition coefficient (Wildman–Crippen LogP) is 4.85. The number of nitrogen functional groups attached to an aromatic ring is 2. The van der Waals surface area contributed by atoms with Gasteiger partial charge in [-0.25, -0.2) is 4.98 Å². The molecule has 3 heterocycles. The fourth-order valence-electron chi connectivity index (χ4n) is 2.72. The molecule has 1 aromatic carbocycles. The zero-order valence-electron chi connectivity index (χ0n) is 14.0. The van der Waals surface area contributed by atoms with Crippen LogP contribution in [0.1, 0.15) is 5.56 Å². The van der Waals surface area contributed by atoms with Crippen molar-refractivity contribution in [3.05, 3.63) is 72.0 Å². The van der Waals surface area contributed by atoms with Crippen LogP contribution in [0, 0.1) is 0 Å². The third kappa shape index (κ3) is 3.27. The largest absolute Gasteiger partial charge is 0.472 e. The van der Waals surface area contributed by atoms with Crippen LogP contribution in [0.2, 0.25) is 0 Å². The van der Waals surface area contributed by atoms with Crippen LogP contribution in [0.3, 0.4) is 0 Å². The summed E-state index contributed by atoms with van der Waals surface area (Å²) in [5.74, 6) is 0.656. The molecule has 4 rings (SSSR count). The molecule has 5 nitrogen and oxygen atoms in total.